The fraction of sp³-hybridized carbons (Fsp3) is 0.286. The van der Waals surface area contributed by atoms with E-state index in [1.807, 2.05) is 58.0 Å². The van der Waals surface area contributed by atoms with Gasteiger partial charge >= 0.3 is 0 Å². The van der Waals surface area contributed by atoms with Crippen molar-refractivity contribution in [1.82, 2.24) is 4.90 Å². The summed E-state index contributed by atoms with van der Waals surface area (Å²) in [6, 6.07) is 16.2. The van der Waals surface area contributed by atoms with Crippen molar-refractivity contribution in [3.63, 3.8) is 0 Å². The predicted molar refractivity (Wildman–Crippen MR) is 97.0 cm³/mol. The van der Waals surface area contributed by atoms with Gasteiger partial charge in [0.2, 0.25) is 5.91 Å². The fourth-order valence-electron chi connectivity index (χ4n) is 2.92. The van der Waals surface area contributed by atoms with E-state index in [9.17, 15) is 9.18 Å². The first kappa shape index (κ1) is 17.9. The number of carbonyl (C=O) groups is 1. The van der Waals surface area contributed by atoms with Crippen molar-refractivity contribution in [3.05, 3.63) is 77.6 Å². The Morgan fingerprint density at radius 2 is 1.46 bits per heavy atom. The smallest absolute Gasteiger partial charge is 0.247 e. The van der Waals surface area contributed by atoms with Crippen molar-refractivity contribution >= 4 is 11.5 Å². The molecule has 0 spiro atoms. The molecule has 2 aromatic carbocycles. The Kier molecular flexibility index (Phi) is 5.91. The van der Waals surface area contributed by atoms with Crippen LogP contribution in [0.25, 0.3) is 5.57 Å². The first-order valence-corrected chi connectivity index (χ1v) is 8.26. The quantitative estimate of drug-likeness (QED) is 0.716. The summed E-state index contributed by atoms with van der Waals surface area (Å²) in [6.45, 7) is 7.93. The van der Waals surface area contributed by atoms with Crippen LogP contribution in [0.15, 0.2) is 60.7 Å². The molecule has 0 atom stereocenters. The van der Waals surface area contributed by atoms with Crippen LogP contribution in [0.2, 0.25) is 0 Å². The van der Waals surface area contributed by atoms with Crippen LogP contribution in [0.4, 0.5) is 4.39 Å². The Balaban J connectivity index is 2.55. The Morgan fingerprint density at radius 1 is 0.917 bits per heavy atom. The minimum absolute atomic E-state index is 0.0754. The van der Waals surface area contributed by atoms with Crippen molar-refractivity contribution in [2.75, 3.05) is 0 Å². The van der Waals surface area contributed by atoms with Gasteiger partial charge in [0, 0.05) is 23.7 Å². The molecule has 2 rings (SSSR count). The SMILES string of the molecule is CC(C)N(C(=O)/C=C(\c1ccccc1)c1ccccc1F)C(C)C. The number of hydrogen-bond donors (Lipinski definition) is 0. The van der Waals surface area contributed by atoms with Crippen molar-refractivity contribution in [2.24, 2.45) is 0 Å². The van der Waals surface area contributed by atoms with Gasteiger partial charge in [-0.2, -0.15) is 0 Å². The second kappa shape index (κ2) is 7.91. The van der Waals surface area contributed by atoms with Gasteiger partial charge in [0.05, 0.1) is 0 Å². The normalized spacial score (nSPS) is 11.9. The average molecular weight is 325 g/mol. The summed E-state index contributed by atoms with van der Waals surface area (Å²) in [6.07, 6.45) is 1.55. The summed E-state index contributed by atoms with van der Waals surface area (Å²) >= 11 is 0. The van der Waals surface area contributed by atoms with E-state index in [2.05, 4.69) is 0 Å². The van der Waals surface area contributed by atoms with Gasteiger partial charge in [0.25, 0.3) is 0 Å². The van der Waals surface area contributed by atoms with Crippen LogP contribution in [0.1, 0.15) is 38.8 Å². The van der Waals surface area contributed by atoms with E-state index in [-0.39, 0.29) is 23.8 Å². The zero-order valence-electron chi connectivity index (χ0n) is 14.7. The highest BCUT2D eigenvalue weighted by atomic mass is 19.1. The molecule has 0 radical (unpaired) electrons. The number of nitrogens with zero attached hydrogens (tertiary/aromatic N) is 1. The molecular weight excluding hydrogens is 301 g/mol. The summed E-state index contributed by atoms with van der Waals surface area (Å²) in [5.74, 6) is -0.442. The van der Waals surface area contributed by atoms with Gasteiger partial charge in [0.15, 0.2) is 0 Å². The van der Waals surface area contributed by atoms with Crippen molar-refractivity contribution in [1.29, 1.82) is 0 Å². The first-order valence-electron chi connectivity index (χ1n) is 8.26. The summed E-state index contributed by atoms with van der Waals surface area (Å²) in [7, 11) is 0. The second-order valence-electron chi connectivity index (χ2n) is 6.34. The molecule has 0 saturated carbocycles. The molecular formula is C21H24FNO. The molecule has 0 aromatic heterocycles. The van der Waals surface area contributed by atoms with Crippen LogP contribution in [-0.4, -0.2) is 22.9 Å². The van der Waals surface area contributed by atoms with Gasteiger partial charge in [-0.1, -0.05) is 48.5 Å². The molecule has 1 amide bonds. The van der Waals surface area contributed by atoms with Gasteiger partial charge in [-0.15, -0.1) is 0 Å². The number of halogens is 1. The zero-order valence-corrected chi connectivity index (χ0v) is 14.7. The molecule has 0 heterocycles. The number of amides is 1. The average Bonchev–Trinajstić information content (AvgIpc) is 2.53. The lowest BCUT2D eigenvalue weighted by atomic mass is 9.96. The largest absolute Gasteiger partial charge is 0.334 e. The van der Waals surface area contributed by atoms with Crippen LogP contribution in [-0.2, 0) is 4.79 Å². The van der Waals surface area contributed by atoms with Crippen LogP contribution >= 0.6 is 0 Å². The summed E-state index contributed by atoms with van der Waals surface area (Å²) in [5, 5.41) is 0. The molecule has 3 heteroatoms. The van der Waals surface area contributed by atoms with E-state index in [0.717, 1.165) is 5.56 Å². The van der Waals surface area contributed by atoms with Crippen LogP contribution in [0.3, 0.4) is 0 Å². The van der Waals surface area contributed by atoms with E-state index in [1.165, 1.54) is 6.07 Å². The Morgan fingerprint density at radius 3 is 2.00 bits per heavy atom. The monoisotopic (exact) mass is 325 g/mol. The molecule has 2 nitrogen and oxygen atoms in total. The Labute approximate surface area is 143 Å². The van der Waals surface area contributed by atoms with Crippen LogP contribution in [0.5, 0.6) is 0 Å². The van der Waals surface area contributed by atoms with Gasteiger partial charge < -0.3 is 4.90 Å². The van der Waals surface area contributed by atoms with Crippen molar-refractivity contribution < 1.29 is 9.18 Å². The lowest BCUT2D eigenvalue weighted by molar-refractivity contribution is -0.129. The third kappa shape index (κ3) is 4.10. The first-order chi connectivity index (χ1) is 11.4. The van der Waals surface area contributed by atoms with E-state index >= 15 is 0 Å². The van der Waals surface area contributed by atoms with Crippen LogP contribution in [0, 0.1) is 5.82 Å². The molecule has 0 aliphatic carbocycles. The molecule has 2 aromatic rings. The molecule has 0 unspecified atom stereocenters. The maximum absolute atomic E-state index is 14.3. The lowest BCUT2D eigenvalue weighted by Gasteiger charge is -2.30. The number of benzene rings is 2. The van der Waals surface area contributed by atoms with Gasteiger partial charge in [0.1, 0.15) is 5.82 Å². The maximum atomic E-state index is 14.3. The van der Waals surface area contributed by atoms with E-state index in [0.29, 0.717) is 11.1 Å². The number of rotatable bonds is 5. The molecule has 0 fully saturated rings. The van der Waals surface area contributed by atoms with Crippen molar-refractivity contribution in [2.45, 2.75) is 39.8 Å². The third-order valence-corrected chi connectivity index (χ3v) is 3.88. The molecule has 0 aliphatic heterocycles. The Bertz CT molecular complexity index is 712. The fourth-order valence-corrected chi connectivity index (χ4v) is 2.92. The summed E-state index contributed by atoms with van der Waals surface area (Å²) in [5.41, 5.74) is 1.86. The summed E-state index contributed by atoms with van der Waals surface area (Å²) < 4.78 is 14.3. The third-order valence-electron chi connectivity index (χ3n) is 3.88. The van der Waals surface area contributed by atoms with Gasteiger partial charge in [-0.3, -0.25) is 4.79 Å². The van der Waals surface area contributed by atoms with E-state index in [1.54, 1.807) is 29.2 Å². The molecule has 0 bridgehead atoms. The van der Waals surface area contributed by atoms with Crippen LogP contribution < -0.4 is 0 Å². The number of carbonyl (C=O) groups excluding carboxylic acids is 1. The summed E-state index contributed by atoms with van der Waals surface area (Å²) in [4.78, 5) is 14.6. The maximum Gasteiger partial charge on any atom is 0.247 e. The predicted octanol–water partition coefficient (Wildman–Crippen LogP) is 4.90. The minimum Gasteiger partial charge on any atom is -0.334 e. The minimum atomic E-state index is -0.332. The topological polar surface area (TPSA) is 20.3 Å². The molecule has 24 heavy (non-hydrogen) atoms. The van der Waals surface area contributed by atoms with Crippen molar-refractivity contribution in [3.8, 4) is 0 Å². The standard InChI is InChI=1S/C21H24FNO/c1-15(2)23(16(3)4)21(24)14-19(17-10-6-5-7-11-17)18-12-8-9-13-20(18)22/h5-16H,1-4H3/b19-14+. The van der Waals surface area contributed by atoms with Gasteiger partial charge in [-0.25, -0.2) is 4.39 Å². The Hall–Kier alpha value is -2.42. The highest BCUT2D eigenvalue weighted by Gasteiger charge is 2.20. The lowest BCUT2D eigenvalue weighted by Crippen LogP contribution is -2.41. The van der Waals surface area contributed by atoms with Gasteiger partial charge in [-0.05, 0) is 44.9 Å². The molecule has 0 aliphatic rings. The van der Waals surface area contributed by atoms with E-state index in [4.69, 9.17) is 0 Å². The highest BCUT2D eigenvalue weighted by Crippen LogP contribution is 2.26. The van der Waals surface area contributed by atoms with E-state index < -0.39 is 0 Å². The molecule has 0 N–H and O–H groups in total. The number of hydrogen-bond acceptors (Lipinski definition) is 1. The molecule has 126 valence electrons. The molecule has 0 saturated heterocycles. The second-order valence-corrected chi connectivity index (χ2v) is 6.34. The highest BCUT2D eigenvalue weighted by molar-refractivity contribution is 5.99. The zero-order chi connectivity index (χ0) is 17.7.